The molecule has 1 saturated carbocycles. The summed E-state index contributed by atoms with van der Waals surface area (Å²) in [7, 11) is 2.16. The molecular formula is C22H24N6S. The van der Waals surface area contributed by atoms with E-state index in [1.165, 1.54) is 30.2 Å². The molecule has 1 N–H and O–H groups in total. The Kier molecular flexibility index (Phi) is 4.82. The summed E-state index contributed by atoms with van der Waals surface area (Å²) in [6.45, 7) is 4.23. The maximum Gasteiger partial charge on any atom is 0.132 e. The molecule has 5 rings (SSSR count). The summed E-state index contributed by atoms with van der Waals surface area (Å²) in [5.74, 6) is 2.09. The van der Waals surface area contributed by atoms with Crippen LogP contribution in [0.15, 0.2) is 30.6 Å². The fourth-order valence-corrected chi connectivity index (χ4v) is 5.15. The Morgan fingerprint density at radius 2 is 1.90 bits per heavy atom. The molecule has 2 aliphatic rings. The quantitative estimate of drug-likeness (QED) is 0.698. The third-order valence-electron chi connectivity index (χ3n) is 6.10. The van der Waals surface area contributed by atoms with E-state index in [0.29, 0.717) is 5.92 Å². The van der Waals surface area contributed by atoms with Crippen molar-refractivity contribution in [3.8, 4) is 6.07 Å². The number of thiophene rings is 1. The van der Waals surface area contributed by atoms with Gasteiger partial charge in [-0.15, -0.1) is 11.3 Å². The Labute approximate surface area is 174 Å². The lowest BCUT2D eigenvalue weighted by Gasteiger charge is -2.33. The summed E-state index contributed by atoms with van der Waals surface area (Å²) in [5, 5.41) is 14.1. The number of nitrogens with zero attached hydrogens (tertiary/aromatic N) is 5. The number of fused-ring (bicyclic) bond motifs is 1. The smallest absolute Gasteiger partial charge is 0.132 e. The van der Waals surface area contributed by atoms with E-state index >= 15 is 0 Å². The molecule has 3 aromatic heterocycles. The first-order valence-corrected chi connectivity index (χ1v) is 11.0. The highest BCUT2D eigenvalue weighted by molar-refractivity contribution is 7.19. The predicted molar refractivity (Wildman–Crippen MR) is 118 cm³/mol. The van der Waals surface area contributed by atoms with Gasteiger partial charge in [-0.3, -0.25) is 0 Å². The molecule has 3 aromatic rings. The third-order valence-corrected chi connectivity index (χ3v) is 7.16. The van der Waals surface area contributed by atoms with Crippen LogP contribution >= 0.6 is 11.3 Å². The van der Waals surface area contributed by atoms with Gasteiger partial charge in [0.1, 0.15) is 22.6 Å². The third kappa shape index (κ3) is 3.54. The minimum Gasteiger partial charge on any atom is -0.368 e. The highest BCUT2D eigenvalue weighted by Gasteiger charge is 2.26. The number of aromatic nitrogens is 2. The van der Waals surface area contributed by atoms with Crippen LogP contribution in [0.25, 0.3) is 10.1 Å². The van der Waals surface area contributed by atoms with Crippen LogP contribution in [0.4, 0.5) is 17.3 Å². The molecule has 6 nitrogen and oxygen atoms in total. The zero-order chi connectivity index (χ0) is 19.8. The monoisotopic (exact) mass is 404 g/mol. The van der Waals surface area contributed by atoms with Crippen molar-refractivity contribution in [1.82, 2.24) is 14.9 Å². The van der Waals surface area contributed by atoms with E-state index in [9.17, 15) is 5.26 Å². The molecule has 1 aliphatic carbocycles. The Balaban J connectivity index is 1.37. The van der Waals surface area contributed by atoms with Gasteiger partial charge in [-0.1, -0.05) is 6.42 Å². The second-order valence-corrected chi connectivity index (χ2v) is 9.02. The summed E-state index contributed by atoms with van der Waals surface area (Å²) >= 11 is 1.56. The molecule has 1 saturated heterocycles. The van der Waals surface area contributed by atoms with Gasteiger partial charge < -0.3 is 15.1 Å². The number of nitrogens with one attached hydrogen (secondary N) is 1. The minimum atomic E-state index is 0.523. The van der Waals surface area contributed by atoms with Gasteiger partial charge in [0.15, 0.2) is 0 Å². The van der Waals surface area contributed by atoms with Crippen LogP contribution in [-0.4, -0.2) is 48.1 Å². The molecule has 0 bridgehead atoms. The molecule has 7 heteroatoms. The highest BCUT2D eigenvalue weighted by Crippen LogP contribution is 2.45. The van der Waals surface area contributed by atoms with Gasteiger partial charge in [0.2, 0.25) is 0 Å². The van der Waals surface area contributed by atoms with E-state index in [1.54, 1.807) is 11.3 Å². The number of anilines is 3. The van der Waals surface area contributed by atoms with E-state index in [1.807, 2.05) is 18.5 Å². The Morgan fingerprint density at radius 1 is 1.10 bits per heavy atom. The minimum absolute atomic E-state index is 0.523. The highest BCUT2D eigenvalue weighted by atomic mass is 32.1. The van der Waals surface area contributed by atoms with Crippen LogP contribution in [0, 0.1) is 11.3 Å². The van der Waals surface area contributed by atoms with Crippen molar-refractivity contribution in [1.29, 1.82) is 5.26 Å². The molecule has 0 aromatic carbocycles. The Bertz CT molecular complexity index is 1060. The van der Waals surface area contributed by atoms with Crippen LogP contribution in [0.1, 0.15) is 35.6 Å². The average Bonchev–Trinajstić information content (AvgIpc) is 3.06. The molecule has 0 radical (unpaired) electrons. The lowest BCUT2D eigenvalue weighted by Crippen LogP contribution is -2.44. The molecule has 148 valence electrons. The van der Waals surface area contributed by atoms with Crippen molar-refractivity contribution in [2.75, 3.05) is 43.4 Å². The first-order valence-electron chi connectivity index (χ1n) is 10.2. The molecule has 0 amide bonds. The van der Waals surface area contributed by atoms with Gasteiger partial charge in [0, 0.05) is 37.8 Å². The van der Waals surface area contributed by atoms with Crippen molar-refractivity contribution in [3.63, 3.8) is 0 Å². The summed E-state index contributed by atoms with van der Waals surface area (Å²) in [6, 6.07) is 8.61. The number of hydrogen-bond donors (Lipinski definition) is 1. The number of piperazine rings is 1. The van der Waals surface area contributed by atoms with Gasteiger partial charge >= 0.3 is 0 Å². The van der Waals surface area contributed by atoms with Crippen molar-refractivity contribution in [2.45, 2.75) is 25.2 Å². The molecule has 0 unspecified atom stereocenters. The second kappa shape index (κ2) is 7.62. The molecule has 0 atom stereocenters. The first-order chi connectivity index (χ1) is 14.2. The SMILES string of the molecule is CN1CCN(c2ccc(Nc3cc4c(C5CCC5)c(C#N)sc4cn3)nc2)CC1. The second-order valence-electron chi connectivity index (χ2n) is 7.97. The Hall–Kier alpha value is -2.69. The molecule has 29 heavy (non-hydrogen) atoms. The van der Waals surface area contributed by atoms with Crippen LogP contribution in [0.5, 0.6) is 0 Å². The van der Waals surface area contributed by atoms with Crippen LogP contribution < -0.4 is 10.2 Å². The predicted octanol–water partition coefficient (Wildman–Crippen LogP) is 4.33. The zero-order valence-electron chi connectivity index (χ0n) is 16.6. The summed E-state index contributed by atoms with van der Waals surface area (Å²) in [4.78, 5) is 14.7. The lowest BCUT2D eigenvalue weighted by atomic mass is 9.79. The van der Waals surface area contributed by atoms with Crippen molar-refractivity contribution in [2.24, 2.45) is 0 Å². The van der Waals surface area contributed by atoms with E-state index in [4.69, 9.17) is 0 Å². The lowest BCUT2D eigenvalue weighted by molar-refractivity contribution is 0.313. The largest absolute Gasteiger partial charge is 0.368 e. The van der Waals surface area contributed by atoms with E-state index in [2.05, 4.69) is 50.3 Å². The van der Waals surface area contributed by atoms with Crippen LogP contribution in [0.3, 0.4) is 0 Å². The zero-order valence-corrected chi connectivity index (χ0v) is 17.4. The molecular weight excluding hydrogens is 380 g/mol. The maximum absolute atomic E-state index is 9.55. The molecule has 2 fully saturated rings. The Morgan fingerprint density at radius 3 is 2.55 bits per heavy atom. The van der Waals surface area contributed by atoms with Crippen molar-refractivity contribution in [3.05, 3.63) is 41.0 Å². The standard InChI is InChI=1S/C22H24N6S/c1-27-7-9-28(10-8-27)16-5-6-20(24-13-16)26-21-11-17-19(14-25-21)29-18(12-23)22(17)15-3-2-4-15/h5-6,11,13-15H,2-4,7-10H2,1H3,(H,24,25,26). The normalized spacial score (nSPS) is 17.9. The number of rotatable bonds is 4. The average molecular weight is 405 g/mol. The number of hydrogen-bond acceptors (Lipinski definition) is 7. The van der Waals surface area contributed by atoms with Gasteiger partial charge in [0.05, 0.1) is 16.6 Å². The summed E-state index contributed by atoms with van der Waals surface area (Å²) < 4.78 is 1.09. The number of pyridine rings is 2. The summed E-state index contributed by atoms with van der Waals surface area (Å²) in [6.07, 6.45) is 7.43. The topological polar surface area (TPSA) is 68.1 Å². The fourth-order valence-electron chi connectivity index (χ4n) is 4.12. The van der Waals surface area contributed by atoms with E-state index < -0.39 is 0 Å². The summed E-state index contributed by atoms with van der Waals surface area (Å²) in [5.41, 5.74) is 2.39. The van der Waals surface area contributed by atoms with Gasteiger partial charge in [-0.05, 0) is 49.6 Å². The first kappa shape index (κ1) is 18.3. The van der Waals surface area contributed by atoms with Crippen molar-refractivity contribution < 1.29 is 0 Å². The van der Waals surface area contributed by atoms with E-state index in [-0.39, 0.29) is 0 Å². The van der Waals surface area contributed by atoms with Gasteiger partial charge in [-0.2, -0.15) is 5.26 Å². The van der Waals surface area contributed by atoms with Crippen LogP contribution in [-0.2, 0) is 0 Å². The van der Waals surface area contributed by atoms with Crippen molar-refractivity contribution >= 4 is 38.7 Å². The van der Waals surface area contributed by atoms with Gasteiger partial charge in [0.25, 0.3) is 0 Å². The maximum atomic E-state index is 9.55. The number of likely N-dealkylation sites (N-methyl/N-ethyl adjacent to an activating group) is 1. The molecule has 1 aliphatic heterocycles. The molecule has 4 heterocycles. The van der Waals surface area contributed by atoms with Gasteiger partial charge in [-0.25, -0.2) is 9.97 Å². The number of nitriles is 1. The van der Waals surface area contributed by atoms with E-state index in [0.717, 1.165) is 53.1 Å². The molecule has 0 spiro atoms. The fraction of sp³-hybridized carbons (Fsp3) is 0.409. The van der Waals surface area contributed by atoms with Crippen LogP contribution in [0.2, 0.25) is 0 Å².